The SMILES string of the molecule is Cc1ccc(/C=N\N=C2\NC(=O)[C@@H](CC(=O)O)S2)s1. The first kappa shape index (κ1) is 13.8. The highest BCUT2D eigenvalue weighted by Crippen LogP contribution is 2.22. The van der Waals surface area contributed by atoms with Gasteiger partial charge in [0, 0.05) is 9.75 Å². The molecule has 0 aromatic carbocycles. The monoisotopic (exact) mass is 297 g/mol. The van der Waals surface area contributed by atoms with Crippen LogP contribution in [0.15, 0.2) is 22.3 Å². The van der Waals surface area contributed by atoms with Gasteiger partial charge >= 0.3 is 5.97 Å². The minimum absolute atomic E-state index is 0.219. The summed E-state index contributed by atoms with van der Waals surface area (Å²) in [4.78, 5) is 24.1. The predicted molar refractivity (Wildman–Crippen MR) is 75.9 cm³/mol. The van der Waals surface area contributed by atoms with Crippen LogP contribution in [0.2, 0.25) is 0 Å². The Morgan fingerprint density at radius 3 is 3.00 bits per heavy atom. The number of hydrogen-bond donors (Lipinski definition) is 2. The molecule has 1 atom stereocenters. The molecule has 0 saturated carbocycles. The average Bonchev–Trinajstić information content (AvgIpc) is 2.86. The molecule has 1 aliphatic heterocycles. The van der Waals surface area contributed by atoms with E-state index < -0.39 is 11.2 Å². The topological polar surface area (TPSA) is 91.1 Å². The summed E-state index contributed by atoms with van der Waals surface area (Å²) in [6.07, 6.45) is 1.38. The molecule has 100 valence electrons. The molecule has 0 radical (unpaired) electrons. The van der Waals surface area contributed by atoms with E-state index in [9.17, 15) is 9.59 Å². The third-order valence-corrected chi connectivity index (χ3v) is 4.24. The third-order valence-electron chi connectivity index (χ3n) is 2.23. The zero-order chi connectivity index (χ0) is 13.8. The molecule has 0 unspecified atom stereocenters. The van der Waals surface area contributed by atoms with Crippen LogP contribution in [0.3, 0.4) is 0 Å². The van der Waals surface area contributed by atoms with E-state index in [2.05, 4.69) is 15.5 Å². The highest BCUT2D eigenvalue weighted by atomic mass is 32.2. The Kier molecular flexibility index (Phi) is 4.33. The normalized spacial score (nSPS) is 21.2. The zero-order valence-electron chi connectivity index (χ0n) is 9.99. The van der Waals surface area contributed by atoms with Crippen molar-refractivity contribution in [2.24, 2.45) is 10.2 Å². The molecule has 8 heteroatoms. The van der Waals surface area contributed by atoms with Gasteiger partial charge in [0.25, 0.3) is 0 Å². The van der Waals surface area contributed by atoms with Crippen LogP contribution in [0.1, 0.15) is 16.2 Å². The first-order valence-electron chi connectivity index (χ1n) is 5.41. The lowest BCUT2D eigenvalue weighted by atomic mass is 10.3. The van der Waals surface area contributed by atoms with Crippen molar-refractivity contribution in [3.63, 3.8) is 0 Å². The summed E-state index contributed by atoms with van der Waals surface area (Å²) in [5.74, 6) is -1.35. The molecule has 2 rings (SSSR count). The van der Waals surface area contributed by atoms with Crippen molar-refractivity contribution in [3.05, 3.63) is 21.9 Å². The van der Waals surface area contributed by atoms with E-state index >= 15 is 0 Å². The Labute approximate surface area is 117 Å². The number of hydrogen-bond acceptors (Lipinski definition) is 6. The van der Waals surface area contributed by atoms with Crippen molar-refractivity contribution in [1.29, 1.82) is 0 Å². The van der Waals surface area contributed by atoms with Gasteiger partial charge in [-0.2, -0.15) is 5.10 Å². The van der Waals surface area contributed by atoms with Crippen LogP contribution >= 0.6 is 23.1 Å². The molecule has 1 fully saturated rings. The van der Waals surface area contributed by atoms with E-state index in [4.69, 9.17) is 5.11 Å². The number of carboxylic acids is 1. The van der Waals surface area contributed by atoms with E-state index in [0.29, 0.717) is 5.17 Å². The van der Waals surface area contributed by atoms with Crippen molar-refractivity contribution < 1.29 is 14.7 Å². The summed E-state index contributed by atoms with van der Waals surface area (Å²) in [5.41, 5.74) is 0. The van der Waals surface area contributed by atoms with Crippen molar-refractivity contribution in [1.82, 2.24) is 5.32 Å². The van der Waals surface area contributed by atoms with Crippen LogP contribution < -0.4 is 5.32 Å². The fourth-order valence-electron chi connectivity index (χ4n) is 1.41. The second kappa shape index (κ2) is 5.98. The molecule has 0 aliphatic carbocycles. The summed E-state index contributed by atoms with van der Waals surface area (Å²) in [6.45, 7) is 2.00. The first-order valence-corrected chi connectivity index (χ1v) is 7.11. The van der Waals surface area contributed by atoms with E-state index in [1.165, 1.54) is 4.88 Å². The van der Waals surface area contributed by atoms with Gasteiger partial charge in [0.15, 0.2) is 5.17 Å². The number of carbonyl (C=O) groups is 2. The number of nitrogens with one attached hydrogen (secondary N) is 1. The van der Waals surface area contributed by atoms with Crippen LogP contribution in [0.4, 0.5) is 0 Å². The van der Waals surface area contributed by atoms with Gasteiger partial charge in [0.2, 0.25) is 5.91 Å². The lowest BCUT2D eigenvalue weighted by Crippen LogP contribution is -2.26. The lowest BCUT2D eigenvalue weighted by Gasteiger charge is -1.97. The number of thiophene rings is 1. The van der Waals surface area contributed by atoms with E-state index in [1.54, 1.807) is 17.6 Å². The molecule has 6 nitrogen and oxygen atoms in total. The standard InChI is InChI=1S/C11H11N3O3S2/c1-6-2-3-7(18-6)5-12-14-11-13-10(17)8(19-11)4-9(15)16/h2-3,5,8H,4H2,1H3,(H,15,16)(H,13,14,17)/b12-5-/t8-/m1/s1. The number of carboxylic acid groups (broad SMARTS) is 1. The molecule has 1 saturated heterocycles. The lowest BCUT2D eigenvalue weighted by molar-refractivity contribution is -0.138. The van der Waals surface area contributed by atoms with Crippen LogP contribution in [0.25, 0.3) is 0 Å². The Bertz CT molecular complexity index is 565. The number of amidine groups is 1. The summed E-state index contributed by atoms with van der Waals surface area (Å²) >= 11 is 2.67. The number of amides is 1. The number of nitrogens with zero attached hydrogens (tertiary/aromatic N) is 2. The maximum absolute atomic E-state index is 11.4. The molecule has 2 heterocycles. The molecule has 1 amide bonds. The molecular weight excluding hydrogens is 286 g/mol. The van der Waals surface area contributed by atoms with Gasteiger partial charge in [-0.3, -0.25) is 9.59 Å². The zero-order valence-corrected chi connectivity index (χ0v) is 11.6. The fraction of sp³-hybridized carbons (Fsp3) is 0.273. The van der Waals surface area contributed by atoms with E-state index in [1.807, 2.05) is 19.1 Å². The van der Waals surface area contributed by atoms with E-state index in [0.717, 1.165) is 16.6 Å². The van der Waals surface area contributed by atoms with Gasteiger partial charge in [0.1, 0.15) is 5.25 Å². The molecule has 1 aromatic rings. The fourth-order valence-corrected chi connectivity index (χ4v) is 3.07. The van der Waals surface area contributed by atoms with Gasteiger partial charge in [-0.05, 0) is 19.1 Å². The maximum Gasteiger partial charge on any atom is 0.305 e. The Morgan fingerprint density at radius 1 is 1.58 bits per heavy atom. The molecule has 1 aliphatic rings. The molecule has 0 spiro atoms. The predicted octanol–water partition coefficient (Wildman–Crippen LogP) is 1.45. The molecule has 2 N–H and O–H groups in total. The summed E-state index contributed by atoms with van der Waals surface area (Å²) < 4.78 is 0. The number of aryl methyl sites for hydroxylation is 1. The maximum atomic E-state index is 11.4. The molecule has 0 bridgehead atoms. The second-order valence-electron chi connectivity index (χ2n) is 3.79. The van der Waals surface area contributed by atoms with Crippen molar-refractivity contribution in [2.45, 2.75) is 18.6 Å². The second-order valence-corrected chi connectivity index (χ2v) is 6.30. The summed E-state index contributed by atoms with van der Waals surface area (Å²) in [6, 6.07) is 3.91. The quantitative estimate of drug-likeness (QED) is 0.650. The number of aliphatic carboxylic acids is 1. The average molecular weight is 297 g/mol. The van der Waals surface area contributed by atoms with E-state index in [-0.39, 0.29) is 12.3 Å². The van der Waals surface area contributed by atoms with Crippen molar-refractivity contribution in [3.8, 4) is 0 Å². The van der Waals surface area contributed by atoms with Gasteiger partial charge in [0.05, 0.1) is 12.6 Å². The smallest absolute Gasteiger partial charge is 0.305 e. The highest BCUT2D eigenvalue weighted by molar-refractivity contribution is 8.15. The molecule has 19 heavy (non-hydrogen) atoms. The summed E-state index contributed by atoms with van der Waals surface area (Å²) in [5, 5.41) is 18.6. The largest absolute Gasteiger partial charge is 0.481 e. The van der Waals surface area contributed by atoms with Gasteiger partial charge in [-0.25, -0.2) is 0 Å². The highest BCUT2D eigenvalue weighted by Gasteiger charge is 2.32. The third kappa shape index (κ3) is 3.90. The van der Waals surface area contributed by atoms with Gasteiger partial charge < -0.3 is 10.4 Å². The minimum Gasteiger partial charge on any atom is -0.481 e. The minimum atomic E-state index is -1.01. The number of thioether (sulfide) groups is 1. The van der Waals surface area contributed by atoms with Crippen LogP contribution in [-0.4, -0.2) is 33.6 Å². The molecular formula is C11H11N3O3S2. The van der Waals surface area contributed by atoms with Crippen LogP contribution in [-0.2, 0) is 9.59 Å². The van der Waals surface area contributed by atoms with Crippen molar-refractivity contribution >= 4 is 46.4 Å². The molecule has 1 aromatic heterocycles. The number of rotatable bonds is 4. The Balaban J connectivity index is 1.96. The van der Waals surface area contributed by atoms with Gasteiger partial charge in [-0.15, -0.1) is 16.4 Å². The van der Waals surface area contributed by atoms with Gasteiger partial charge in [-0.1, -0.05) is 11.8 Å². The Hall–Kier alpha value is -1.67. The summed E-state index contributed by atoms with van der Waals surface area (Å²) in [7, 11) is 0. The van der Waals surface area contributed by atoms with Crippen LogP contribution in [0, 0.1) is 6.92 Å². The van der Waals surface area contributed by atoms with Crippen molar-refractivity contribution in [2.75, 3.05) is 0 Å². The number of carbonyl (C=O) groups excluding carboxylic acids is 1. The van der Waals surface area contributed by atoms with Crippen LogP contribution in [0.5, 0.6) is 0 Å². The first-order chi connectivity index (χ1) is 9.04. The Morgan fingerprint density at radius 2 is 2.37 bits per heavy atom.